The predicted octanol–water partition coefficient (Wildman–Crippen LogP) is 2.12. The maximum Gasteiger partial charge on any atom is 0.154 e. The zero-order valence-electron chi connectivity index (χ0n) is 11.1. The molecule has 0 spiro atoms. The van der Waals surface area contributed by atoms with Crippen LogP contribution in [0.25, 0.3) is 0 Å². The summed E-state index contributed by atoms with van der Waals surface area (Å²) in [4.78, 5) is 0. The number of nitrogens with one attached hydrogen (secondary N) is 1. The average Bonchev–Trinajstić information content (AvgIpc) is 3.13. The second-order valence-corrected chi connectivity index (χ2v) is 8.90. The van der Waals surface area contributed by atoms with Gasteiger partial charge in [0.2, 0.25) is 0 Å². The molecular weight excluding hydrogens is 246 g/mol. The third kappa shape index (κ3) is 2.90. The Bertz CT molecular complexity index is 389. The molecule has 3 unspecified atom stereocenters. The summed E-state index contributed by atoms with van der Waals surface area (Å²) in [7, 11) is -2.77. The highest BCUT2D eigenvalue weighted by Gasteiger charge is 2.36. The Labute approximate surface area is 111 Å². The normalized spacial score (nSPS) is 39.9. The topological polar surface area (TPSA) is 46.2 Å². The van der Waals surface area contributed by atoms with E-state index in [0.29, 0.717) is 18.3 Å². The van der Waals surface area contributed by atoms with E-state index >= 15 is 0 Å². The molecule has 0 aromatic rings. The van der Waals surface area contributed by atoms with Gasteiger partial charge in [0.15, 0.2) is 9.84 Å². The van der Waals surface area contributed by atoms with E-state index in [1.54, 1.807) is 0 Å². The molecule has 1 N–H and O–H groups in total. The first kappa shape index (κ1) is 12.9. The summed E-state index contributed by atoms with van der Waals surface area (Å²) in [5.41, 5.74) is 0. The zero-order valence-corrected chi connectivity index (χ0v) is 11.9. The van der Waals surface area contributed by atoms with Crippen molar-refractivity contribution in [2.45, 2.75) is 62.7 Å². The molecule has 3 fully saturated rings. The van der Waals surface area contributed by atoms with E-state index in [0.717, 1.165) is 24.7 Å². The van der Waals surface area contributed by atoms with Crippen LogP contribution in [0.1, 0.15) is 51.4 Å². The molecule has 2 saturated carbocycles. The Balaban J connectivity index is 1.47. The molecule has 4 heteroatoms. The summed E-state index contributed by atoms with van der Waals surface area (Å²) in [6.45, 7) is 0.699. The second-order valence-electron chi connectivity index (χ2n) is 6.50. The predicted molar refractivity (Wildman–Crippen MR) is 73.3 cm³/mol. The van der Waals surface area contributed by atoms with Gasteiger partial charge >= 0.3 is 0 Å². The number of hydrogen-bond acceptors (Lipinski definition) is 3. The highest BCUT2D eigenvalue weighted by molar-refractivity contribution is 7.92. The van der Waals surface area contributed by atoms with Gasteiger partial charge in [-0.15, -0.1) is 0 Å². The van der Waals surface area contributed by atoms with Crippen LogP contribution in [0, 0.1) is 11.8 Å². The van der Waals surface area contributed by atoms with Crippen LogP contribution >= 0.6 is 0 Å². The van der Waals surface area contributed by atoms with Crippen LogP contribution in [0.5, 0.6) is 0 Å². The summed E-state index contributed by atoms with van der Waals surface area (Å²) in [5, 5.41) is 3.45. The van der Waals surface area contributed by atoms with E-state index < -0.39 is 9.84 Å². The summed E-state index contributed by atoms with van der Waals surface area (Å²) in [5.74, 6) is 2.34. The van der Waals surface area contributed by atoms with Crippen LogP contribution in [0.15, 0.2) is 0 Å². The summed E-state index contributed by atoms with van der Waals surface area (Å²) < 4.78 is 23.6. The van der Waals surface area contributed by atoms with Crippen LogP contribution in [0.3, 0.4) is 0 Å². The Morgan fingerprint density at radius 3 is 2.44 bits per heavy atom. The van der Waals surface area contributed by atoms with Crippen molar-refractivity contribution in [1.82, 2.24) is 5.32 Å². The van der Waals surface area contributed by atoms with E-state index in [2.05, 4.69) is 5.32 Å². The Morgan fingerprint density at radius 1 is 0.944 bits per heavy atom. The number of rotatable bonds is 4. The van der Waals surface area contributed by atoms with Crippen molar-refractivity contribution >= 4 is 9.84 Å². The maximum atomic E-state index is 11.8. The van der Waals surface area contributed by atoms with Gasteiger partial charge in [0.25, 0.3) is 0 Å². The van der Waals surface area contributed by atoms with Crippen molar-refractivity contribution in [3.8, 4) is 0 Å². The van der Waals surface area contributed by atoms with Gasteiger partial charge in [-0.05, 0) is 50.4 Å². The zero-order chi connectivity index (χ0) is 12.6. The molecule has 1 heterocycles. The van der Waals surface area contributed by atoms with Gasteiger partial charge in [-0.25, -0.2) is 8.42 Å². The monoisotopic (exact) mass is 271 g/mol. The molecule has 0 amide bonds. The molecule has 1 aliphatic heterocycles. The lowest BCUT2D eigenvalue weighted by Gasteiger charge is -2.30. The molecule has 3 rings (SSSR count). The van der Waals surface area contributed by atoms with Crippen molar-refractivity contribution in [2.75, 3.05) is 12.3 Å². The third-order valence-corrected chi connectivity index (χ3v) is 7.38. The van der Waals surface area contributed by atoms with Crippen LogP contribution in [-0.2, 0) is 9.84 Å². The Hall–Kier alpha value is -0.0900. The van der Waals surface area contributed by atoms with Crippen molar-refractivity contribution in [3.63, 3.8) is 0 Å². The van der Waals surface area contributed by atoms with E-state index in [9.17, 15) is 8.42 Å². The smallest absolute Gasteiger partial charge is 0.154 e. The minimum absolute atomic E-state index is 0.0983. The van der Waals surface area contributed by atoms with Crippen molar-refractivity contribution in [3.05, 3.63) is 0 Å². The van der Waals surface area contributed by atoms with E-state index in [4.69, 9.17) is 0 Å². The first-order valence-electron chi connectivity index (χ1n) is 7.60. The number of sulfone groups is 1. The Kier molecular flexibility index (Phi) is 3.68. The van der Waals surface area contributed by atoms with Crippen molar-refractivity contribution in [1.29, 1.82) is 0 Å². The SMILES string of the molecule is O=S1(=O)CCCC1CNC1CCCC(C2CC2)C1. The lowest BCUT2D eigenvalue weighted by atomic mass is 9.82. The van der Waals surface area contributed by atoms with E-state index in [1.165, 1.54) is 38.5 Å². The molecule has 2 aliphatic carbocycles. The fourth-order valence-corrected chi connectivity index (χ4v) is 5.57. The van der Waals surface area contributed by atoms with E-state index in [-0.39, 0.29) is 5.25 Å². The lowest BCUT2D eigenvalue weighted by Crippen LogP contribution is -2.40. The van der Waals surface area contributed by atoms with E-state index in [1.807, 2.05) is 0 Å². The summed E-state index contributed by atoms with van der Waals surface area (Å²) in [6.07, 6.45) is 9.88. The first-order chi connectivity index (χ1) is 8.65. The second kappa shape index (κ2) is 5.12. The third-order valence-electron chi connectivity index (χ3n) is 5.10. The molecule has 18 heavy (non-hydrogen) atoms. The fourth-order valence-electron chi connectivity index (χ4n) is 3.79. The Morgan fingerprint density at radius 2 is 1.78 bits per heavy atom. The van der Waals surface area contributed by atoms with Crippen molar-refractivity contribution in [2.24, 2.45) is 11.8 Å². The molecule has 0 radical (unpaired) electrons. The highest BCUT2D eigenvalue weighted by Crippen LogP contribution is 2.43. The molecule has 104 valence electrons. The average molecular weight is 271 g/mol. The first-order valence-corrected chi connectivity index (χ1v) is 9.31. The lowest BCUT2D eigenvalue weighted by molar-refractivity contribution is 0.261. The quantitative estimate of drug-likeness (QED) is 0.852. The van der Waals surface area contributed by atoms with Crippen LogP contribution in [-0.4, -0.2) is 32.0 Å². The molecule has 0 bridgehead atoms. The van der Waals surface area contributed by atoms with Crippen LogP contribution < -0.4 is 5.32 Å². The van der Waals surface area contributed by atoms with Crippen LogP contribution in [0.2, 0.25) is 0 Å². The van der Waals surface area contributed by atoms with Gasteiger partial charge in [-0.3, -0.25) is 0 Å². The minimum atomic E-state index is -2.77. The molecular formula is C14H25NO2S. The fraction of sp³-hybridized carbons (Fsp3) is 1.00. The van der Waals surface area contributed by atoms with Gasteiger partial charge < -0.3 is 5.32 Å². The molecule has 3 nitrogen and oxygen atoms in total. The molecule has 0 aromatic carbocycles. The molecule has 3 atom stereocenters. The highest BCUT2D eigenvalue weighted by atomic mass is 32.2. The van der Waals surface area contributed by atoms with Gasteiger partial charge in [0, 0.05) is 12.6 Å². The largest absolute Gasteiger partial charge is 0.313 e. The van der Waals surface area contributed by atoms with Gasteiger partial charge in [0.1, 0.15) is 0 Å². The molecule has 0 aromatic heterocycles. The standard InChI is InChI=1S/C14H25NO2S/c16-18(17)8-2-5-14(18)10-15-13-4-1-3-12(9-13)11-6-7-11/h11-15H,1-10H2. The summed E-state index contributed by atoms with van der Waals surface area (Å²) >= 11 is 0. The number of hydrogen-bond donors (Lipinski definition) is 1. The maximum absolute atomic E-state index is 11.8. The minimum Gasteiger partial charge on any atom is -0.313 e. The van der Waals surface area contributed by atoms with Gasteiger partial charge in [0.05, 0.1) is 11.0 Å². The summed E-state index contributed by atoms with van der Waals surface area (Å²) in [6, 6.07) is 0.583. The van der Waals surface area contributed by atoms with Gasteiger partial charge in [-0.1, -0.05) is 12.8 Å². The van der Waals surface area contributed by atoms with Gasteiger partial charge in [-0.2, -0.15) is 0 Å². The molecule has 3 aliphatic rings. The van der Waals surface area contributed by atoms with Crippen molar-refractivity contribution < 1.29 is 8.42 Å². The molecule has 1 saturated heterocycles. The van der Waals surface area contributed by atoms with Crippen LogP contribution in [0.4, 0.5) is 0 Å².